The summed E-state index contributed by atoms with van der Waals surface area (Å²) in [6, 6.07) is 2.00. The van der Waals surface area contributed by atoms with Crippen LogP contribution in [0.5, 0.6) is 5.75 Å². The summed E-state index contributed by atoms with van der Waals surface area (Å²) in [5.74, 6) is 2.17. The van der Waals surface area contributed by atoms with E-state index < -0.39 is 0 Å². The zero-order valence-electron chi connectivity index (χ0n) is 18.9. The van der Waals surface area contributed by atoms with Gasteiger partial charge in [0.15, 0.2) is 11.6 Å². The number of benzene rings is 1. The Kier molecular flexibility index (Phi) is 8.41. The standard InChI is InChI=1S/C14H19BrClN3O2.C8H10N4/c1-4-21-13-9(8(2)17-3)7-10(16)11-12(13)18-19(5-6-20)14(11)15;1-2-6-7(9)11-12-5-3-4-10-8(6)12/h7-8,17,20H,4-6H2,1-3H3;2-3,5,10H,1,4H2,(H2,9,11). The first-order valence-electron chi connectivity index (χ1n) is 10.6. The molecule has 0 radical (unpaired) electrons. The molecule has 3 heterocycles. The number of anilines is 2. The number of nitrogens with one attached hydrogen (secondary N) is 2. The molecule has 1 atom stereocenters. The van der Waals surface area contributed by atoms with E-state index in [1.54, 1.807) is 15.4 Å². The molecule has 0 spiro atoms. The fraction of sp³-hybridized carbons (Fsp3) is 0.364. The van der Waals surface area contributed by atoms with Crippen molar-refractivity contribution in [3.8, 4) is 5.75 Å². The zero-order valence-corrected chi connectivity index (χ0v) is 21.2. The number of halogens is 2. The van der Waals surface area contributed by atoms with Gasteiger partial charge in [0, 0.05) is 24.4 Å². The number of hydrogen-bond acceptors (Lipinski definition) is 7. The van der Waals surface area contributed by atoms with Gasteiger partial charge in [-0.1, -0.05) is 24.3 Å². The van der Waals surface area contributed by atoms with Gasteiger partial charge >= 0.3 is 0 Å². The second-order valence-electron chi connectivity index (χ2n) is 7.24. The smallest absolute Gasteiger partial charge is 0.155 e. The number of nitrogens with two attached hydrogens (primary N) is 1. The molecule has 0 saturated heterocycles. The second kappa shape index (κ2) is 11.1. The van der Waals surface area contributed by atoms with E-state index in [1.165, 1.54) is 0 Å². The van der Waals surface area contributed by atoms with Crippen LogP contribution in [0.25, 0.3) is 23.2 Å². The van der Waals surface area contributed by atoms with Crippen molar-refractivity contribution in [1.29, 1.82) is 0 Å². The molecule has 0 bridgehead atoms. The Labute approximate surface area is 206 Å². The van der Waals surface area contributed by atoms with Crippen molar-refractivity contribution < 1.29 is 9.84 Å². The van der Waals surface area contributed by atoms with E-state index in [9.17, 15) is 0 Å². The van der Waals surface area contributed by atoms with Crippen LogP contribution in [0.4, 0.5) is 11.6 Å². The number of rotatable bonds is 7. The third-order valence-electron chi connectivity index (χ3n) is 5.20. The van der Waals surface area contributed by atoms with Crippen LogP contribution in [0.15, 0.2) is 23.3 Å². The maximum Gasteiger partial charge on any atom is 0.155 e. The van der Waals surface area contributed by atoms with Crippen LogP contribution in [0.2, 0.25) is 5.02 Å². The van der Waals surface area contributed by atoms with E-state index in [4.69, 9.17) is 27.2 Å². The molecule has 1 aliphatic heterocycles. The summed E-state index contributed by atoms with van der Waals surface area (Å²) in [5, 5.41) is 25.5. The Bertz CT molecular complexity index is 1170. The Balaban J connectivity index is 0.000000215. The molecule has 3 aromatic rings. The van der Waals surface area contributed by atoms with Crippen LogP contribution < -0.4 is 21.1 Å². The highest BCUT2D eigenvalue weighted by Gasteiger charge is 2.22. The van der Waals surface area contributed by atoms with Crippen molar-refractivity contribution >= 4 is 62.3 Å². The molecule has 0 fully saturated rings. The van der Waals surface area contributed by atoms with Gasteiger partial charge in [-0.15, -0.1) is 5.10 Å². The fourth-order valence-corrected chi connectivity index (χ4v) is 4.57. The average molecular weight is 539 g/mol. The Morgan fingerprint density at radius 2 is 2.24 bits per heavy atom. The molecule has 2 aromatic heterocycles. The third-order valence-corrected chi connectivity index (χ3v) is 6.31. The summed E-state index contributed by atoms with van der Waals surface area (Å²) in [6.45, 7) is 9.42. The first-order chi connectivity index (χ1) is 15.9. The number of aliphatic hydroxyl groups is 1. The molecular formula is C22H29BrClN7O2. The summed E-state index contributed by atoms with van der Waals surface area (Å²) in [4.78, 5) is 0. The highest BCUT2D eigenvalue weighted by Crippen LogP contribution is 2.41. The molecule has 1 aromatic carbocycles. The fourth-order valence-electron chi connectivity index (χ4n) is 3.50. The molecule has 178 valence electrons. The van der Waals surface area contributed by atoms with E-state index in [-0.39, 0.29) is 12.6 Å². The van der Waals surface area contributed by atoms with Crippen molar-refractivity contribution in [2.24, 2.45) is 0 Å². The molecule has 9 nitrogen and oxygen atoms in total. The molecule has 0 amide bonds. The molecule has 0 aliphatic carbocycles. The number of ether oxygens (including phenoxy) is 1. The third kappa shape index (κ3) is 5.03. The quantitative estimate of drug-likeness (QED) is 0.357. The molecule has 11 heteroatoms. The normalized spacial score (nSPS) is 13.2. The van der Waals surface area contributed by atoms with Crippen molar-refractivity contribution in [1.82, 2.24) is 24.9 Å². The van der Waals surface area contributed by atoms with Crippen LogP contribution in [0.1, 0.15) is 31.0 Å². The summed E-state index contributed by atoms with van der Waals surface area (Å²) in [5.41, 5.74) is 8.21. The molecule has 0 saturated carbocycles. The summed E-state index contributed by atoms with van der Waals surface area (Å²) < 4.78 is 9.97. The van der Waals surface area contributed by atoms with Gasteiger partial charge in [0.1, 0.15) is 15.9 Å². The SMILES string of the molecule is C=Cc1c(N)nn2c1NCC=C2.CCOc1c(C(C)NC)cc(Cl)c2c(Br)n(CCO)nc12. The molecule has 1 aliphatic rings. The summed E-state index contributed by atoms with van der Waals surface area (Å²) in [6.07, 6.45) is 5.57. The largest absolute Gasteiger partial charge is 0.491 e. The van der Waals surface area contributed by atoms with Crippen LogP contribution in [0, 0.1) is 0 Å². The number of hydrogen-bond donors (Lipinski definition) is 4. The van der Waals surface area contributed by atoms with Crippen molar-refractivity contribution in [3.63, 3.8) is 0 Å². The van der Waals surface area contributed by atoms with Gasteiger partial charge in [-0.05, 0) is 49.0 Å². The van der Waals surface area contributed by atoms with Gasteiger partial charge in [-0.3, -0.25) is 4.68 Å². The lowest BCUT2D eigenvalue weighted by Gasteiger charge is -2.17. The minimum Gasteiger partial charge on any atom is -0.491 e. The summed E-state index contributed by atoms with van der Waals surface area (Å²) in [7, 11) is 1.89. The molecule has 1 unspecified atom stereocenters. The van der Waals surface area contributed by atoms with E-state index in [0.29, 0.717) is 29.5 Å². The number of nitrogens with zero attached hydrogens (tertiary/aromatic N) is 4. The van der Waals surface area contributed by atoms with Gasteiger partial charge in [-0.2, -0.15) is 5.10 Å². The van der Waals surface area contributed by atoms with Gasteiger partial charge in [-0.25, -0.2) is 4.68 Å². The zero-order chi connectivity index (χ0) is 24.1. The maximum absolute atomic E-state index is 9.14. The van der Waals surface area contributed by atoms with E-state index in [1.807, 2.05) is 39.2 Å². The second-order valence-corrected chi connectivity index (χ2v) is 8.40. The lowest BCUT2D eigenvalue weighted by atomic mass is 10.1. The van der Waals surface area contributed by atoms with E-state index in [0.717, 1.165) is 39.2 Å². The minimum absolute atomic E-state index is 0.00789. The Morgan fingerprint density at radius 1 is 1.48 bits per heavy atom. The number of fused-ring (bicyclic) bond motifs is 2. The van der Waals surface area contributed by atoms with Gasteiger partial charge < -0.3 is 26.2 Å². The monoisotopic (exact) mass is 537 g/mol. The maximum atomic E-state index is 9.14. The highest BCUT2D eigenvalue weighted by molar-refractivity contribution is 9.10. The molecular weight excluding hydrogens is 510 g/mol. The topological polar surface area (TPSA) is 115 Å². The first-order valence-corrected chi connectivity index (χ1v) is 11.7. The predicted molar refractivity (Wildman–Crippen MR) is 139 cm³/mol. The summed E-state index contributed by atoms with van der Waals surface area (Å²) >= 11 is 9.93. The average Bonchev–Trinajstić information content (AvgIpc) is 3.31. The lowest BCUT2D eigenvalue weighted by molar-refractivity contribution is 0.268. The van der Waals surface area contributed by atoms with Crippen LogP contribution in [-0.2, 0) is 6.54 Å². The predicted octanol–water partition coefficient (Wildman–Crippen LogP) is 4.13. The Hall–Kier alpha value is -2.53. The van der Waals surface area contributed by atoms with Crippen LogP contribution in [0.3, 0.4) is 0 Å². The van der Waals surface area contributed by atoms with Crippen molar-refractivity contribution in [2.75, 3.05) is 37.9 Å². The highest BCUT2D eigenvalue weighted by atomic mass is 79.9. The van der Waals surface area contributed by atoms with E-state index >= 15 is 0 Å². The van der Waals surface area contributed by atoms with Crippen molar-refractivity contribution in [3.05, 3.63) is 39.5 Å². The van der Waals surface area contributed by atoms with Gasteiger partial charge in [0.05, 0.1) is 35.7 Å². The first kappa shape index (κ1) is 25.1. The molecule has 5 N–H and O–H groups in total. The molecule has 4 rings (SSSR count). The van der Waals surface area contributed by atoms with Crippen LogP contribution in [-0.4, -0.2) is 51.5 Å². The molecule has 33 heavy (non-hydrogen) atoms. The lowest BCUT2D eigenvalue weighted by Crippen LogP contribution is -2.14. The van der Waals surface area contributed by atoms with E-state index in [2.05, 4.69) is 43.3 Å². The Morgan fingerprint density at radius 3 is 2.88 bits per heavy atom. The minimum atomic E-state index is 0.00789. The van der Waals surface area contributed by atoms with Crippen LogP contribution >= 0.6 is 27.5 Å². The number of nitrogen functional groups attached to an aromatic ring is 1. The van der Waals surface area contributed by atoms with Gasteiger partial charge in [0.2, 0.25) is 0 Å². The van der Waals surface area contributed by atoms with Gasteiger partial charge in [0.25, 0.3) is 0 Å². The number of aliphatic hydroxyl groups excluding tert-OH is 1. The number of aromatic nitrogens is 4. The van der Waals surface area contributed by atoms with Crippen molar-refractivity contribution in [2.45, 2.75) is 26.4 Å².